The summed E-state index contributed by atoms with van der Waals surface area (Å²) in [5.41, 5.74) is 5.47. The molecule has 3 rings (SSSR count). The molecule has 2 aromatic rings. The van der Waals surface area contributed by atoms with Gasteiger partial charge in [0.1, 0.15) is 12.4 Å². The van der Waals surface area contributed by atoms with Crippen molar-refractivity contribution in [1.29, 1.82) is 0 Å². The van der Waals surface area contributed by atoms with Crippen molar-refractivity contribution in [3.8, 4) is 5.75 Å². The lowest BCUT2D eigenvalue weighted by Crippen LogP contribution is -2.48. The molecule has 1 fully saturated rings. The van der Waals surface area contributed by atoms with E-state index in [0.29, 0.717) is 17.9 Å². The summed E-state index contributed by atoms with van der Waals surface area (Å²) in [7, 11) is 0. The van der Waals surface area contributed by atoms with Gasteiger partial charge in [0.15, 0.2) is 0 Å². The first-order chi connectivity index (χ1) is 12.5. The molecule has 1 aliphatic rings. The molecule has 0 saturated heterocycles. The van der Waals surface area contributed by atoms with Crippen LogP contribution in [0.5, 0.6) is 5.75 Å². The van der Waals surface area contributed by atoms with Crippen LogP contribution in [0, 0.1) is 6.92 Å². The van der Waals surface area contributed by atoms with Crippen LogP contribution in [-0.4, -0.2) is 28.7 Å². The molecule has 0 atom stereocenters. The van der Waals surface area contributed by atoms with Gasteiger partial charge in [-0.3, -0.25) is 25.2 Å². The summed E-state index contributed by atoms with van der Waals surface area (Å²) in [4.78, 5) is 39.3. The second-order valence-electron chi connectivity index (χ2n) is 5.83. The Hall–Kier alpha value is -2.94. The van der Waals surface area contributed by atoms with Crippen molar-refractivity contribution >= 4 is 29.1 Å². The van der Waals surface area contributed by atoms with E-state index in [1.165, 1.54) is 0 Å². The average molecular weight is 374 g/mol. The smallest absolute Gasteiger partial charge is 0.327 e. The van der Waals surface area contributed by atoms with Gasteiger partial charge in [-0.15, -0.1) is 11.3 Å². The van der Waals surface area contributed by atoms with Crippen LogP contribution < -0.4 is 20.9 Å². The van der Waals surface area contributed by atoms with Crippen molar-refractivity contribution < 1.29 is 19.1 Å². The molecule has 3 N–H and O–H groups in total. The lowest BCUT2D eigenvalue weighted by atomic mass is 10.2. The molecule has 0 unspecified atom stereocenters. The Labute approximate surface area is 153 Å². The Bertz CT molecular complexity index is 814. The van der Waals surface area contributed by atoms with E-state index in [0.717, 1.165) is 23.5 Å². The zero-order valence-corrected chi connectivity index (χ0v) is 14.9. The minimum atomic E-state index is -0.899. The van der Waals surface area contributed by atoms with Gasteiger partial charge in [-0.25, -0.2) is 4.98 Å². The average Bonchev–Trinajstić information content (AvgIpc) is 3.36. The number of nitrogens with zero attached hydrogens (tertiary/aromatic N) is 1. The molecule has 1 aromatic heterocycles. The number of thiazole rings is 1. The number of hydrogen-bond acceptors (Lipinski definition) is 6. The van der Waals surface area contributed by atoms with Gasteiger partial charge in [-0.05, 0) is 44.0 Å². The molecule has 9 heteroatoms. The van der Waals surface area contributed by atoms with Crippen LogP contribution in [0.15, 0.2) is 29.6 Å². The van der Waals surface area contributed by atoms with Gasteiger partial charge in [0.2, 0.25) is 0 Å². The van der Waals surface area contributed by atoms with Crippen LogP contribution >= 0.6 is 11.3 Å². The van der Waals surface area contributed by atoms with Gasteiger partial charge in [-0.2, -0.15) is 0 Å². The summed E-state index contributed by atoms with van der Waals surface area (Å²) in [5, 5.41) is 5.44. The third-order valence-corrected chi connectivity index (χ3v) is 4.40. The van der Waals surface area contributed by atoms with E-state index < -0.39 is 17.7 Å². The number of amides is 3. The zero-order chi connectivity index (χ0) is 18.5. The number of ether oxygens (including phenoxy) is 1. The van der Waals surface area contributed by atoms with E-state index in [4.69, 9.17) is 4.74 Å². The fraction of sp³-hybridized carbons (Fsp3) is 0.294. The molecule has 3 amide bonds. The molecule has 136 valence electrons. The SMILES string of the molecule is Cc1nc(COc2ccc(C(=O)NNC(=O)C(=O)NC3CC3)cc2)cs1. The second-order valence-corrected chi connectivity index (χ2v) is 6.89. The summed E-state index contributed by atoms with van der Waals surface area (Å²) >= 11 is 1.56. The number of aryl methyl sites for hydroxylation is 1. The molecule has 1 heterocycles. The predicted octanol–water partition coefficient (Wildman–Crippen LogP) is 1.07. The fourth-order valence-electron chi connectivity index (χ4n) is 2.06. The summed E-state index contributed by atoms with van der Waals surface area (Å²) in [6, 6.07) is 6.50. The van der Waals surface area contributed by atoms with Gasteiger partial charge < -0.3 is 10.1 Å². The minimum absolute atomic E-state index is 0.0738. The molecule has 0 spiro atoms. The molecule has 1 aliphatic carbocycles. The number of aromatic nitrogens is 1. The van der Waals surface area contributed by atoms with Crippen molar-refractivity contribution in [1.82, 2.24) is 21.2 Å². The molecule has 0 aliphatic heterocycles. The summed E-state index contributed by atoms with van der Waals surface area (Å²) < 4.78 is 5.60. The Balaban J connectivity index is 1.45. The second kappa shape index (κ2) is 7.96. The summed E-state index contributed by atoms with van der Waals surface area (Å²) in [5.74, 6) is -1.59. The molecular formula is C17H18N4O4S. The summed E-state index contributed by atoms with van der Waals surface area (Å²) in [6.07, 6.45) is 1.75. The Morgan fingerprint density at radius 3 is 2.50 bits per heavy atom. The molecule has 8 nitrogen and oxygen atoms in total. The van der Waals surface area contributed by atoms with Gasteiger partial charge in [0, 0.05) is 17.0 Å². The number of benzene rings is 1. The Kier molecular flexibility index (Phi) is 5.47. The molecular weight excluding hydrogens is 356 g/mol. The normalized spacial score (nSPS) is 13.0. The van der Waals surface area contributed by atoms with E-state index in [-0.39, 0.29) is 6.04 Å². The van der Waals surface area contributed by atoms with E-state index in [1.54, 1.807) is 35.6 Å². The van der Waals surface area contributed by atoms with Crippen LogP contribution in [0.25, 0.3) is 0 Å². The first-order valence-corrected chi connectivity index (χ1v) is 8.94. The van der Waals surface area contributed by atoms with Crippen LogP contribution in [0.3, 0.4) is 0 Å². The number of carbonyl (C=O) groups is 3. The van der Waals surface area contributed by atoms with E-state index in [2.05, 4.69) is 21.2 Å². The highest BCUT2D eigenvalue weighted by Gasteiger charge is 2.26. The maximum atomic E-state index is 12.0. The highest BCUT2D eigenvalue weighted by molar-refractivity contribution is 7.09. The van der Waals surface area contributed by atoms with E-state index in [1.807, 2.05) is 12.3 Å². The Morgan fingerprint density at radius 1 is 1.15 bits per heavy atom. The van der Waals surface area contributed by atoms with Crippen LogP contribution in [0.4, 0.5) is 0 Å². The van der Waals surface area contributed by atoms with Crippen LogP contribution in [0.1, 0.15) is 33.9 Å². The van der Waals surface area contributed by atoms with Crippen molar-refractivity contribution in [2.45, 2.75) is 32.4 Å². The molecule has 1 aromatic carbocycles. The van der Waals surface area contributed by atoms with Crippen LogP contribution in [0.2, 0.25) is 0 Å². The number of hydrazine groups is 1. The third-order valence-electron chi connectivity index (χ3n) is 3.58. The van der Waals surface area contributed by atoms with Gasteiger partial charge in [0.25, 0.3) is 5.91 Å². The Morgan fingerprint density at radius 2 is 1.88 bits per heavy atom. The number of nitrogens with one attached hydrogen (secondary N) is 3. The highest BCUT2D eigenvalue weighted by atomic mass is 32.1. The summed E-state index contributed by atoms with van der Waals surface area (Å²) in [6.45, 7) is 2.28. The maximum absolute atomic E-state index is 12.0. The standard InChI is InChI=1S/C17H18N4O4S/c1-10-18-13(9-26-10)8-25-14-6-2-11(3-7-14)15(22)20-21-17(24)16(23)19-12-4-5-12/h2-3,6-7,9,12H,4-5,8H2,1H3,(H,19,23)(H,20,22)(H,21,24). The van der Waals surface area contributed by atoms with Crippen molar-refractivity contribution in [3.05, 3.63) is 45.9 Å². The lowest BCUT2D eigenvalue weighted by molar-refractivity contribution is -0.139. The van der Waals surface area contributed by atoms with Gasteiger partial charge in [0.05, 0.1) is 10.7 Å². The number of rotatable bonds is 5. The van der Waals surface area contributed by atoms with E-state index in [9.17, 15) is 14.4 Å². The van der Waals surface area contributed by atoms with Crippen LogP contribution in [-0.2, 0) is 16.2 Å². The first kappa shape index (κ1) is 17.9. The lowest BCUT2D eigenvalue weighted by Gasteiger charge is -2.08. The van der Waals surface area contributed by atoms with Gasteiger partial charge in [-0.1, -0.05) is 0 Å². The predicted molar refractivity (Wildman–Crippen MR) is 94.4 cm³/mol. The van der Waals surface area contributed by atoms with Crippen molar-refractivity contribution in [3.63, 3.8) is 0 Å². The van der Waals surface area contributed by atoms with E-state index >= 15 is 0 Å². The molecule has 0 radical (unpaired) electrons. The minimum Gasteiger partial charge on any atom is -0.487 e. The monoisotopic (exact) mass is 374 g/mol. The molecule has 1 saturated carbocycles. The van der Waals surface area contributed by atoms with Gasteiger partial charge >= 0.3 is 11.8 Å². The largest absolute Gasteiger partial charge is 0.487 e. The maximum Gasteiger partial charge on any atom is 0.327 e. The van der Waals surface area contributed by atoms with Crippen molar-refractivity contribution in [2.75, 3.05) is 0 Å². The molecule has 26 heavy (non-hydrogen) atoms. The first-order valence-electron chi connectivity index (χ1n) is 8.06. The third kappa shape index (κ3) is 5.03. The zero-order valence-electron chi connectivity index (χ0n) is 14.1. The quantitative estimate of drug-likeness (QED) is 0.536. The number of carbonyl (C=O) groups excluding carboxylic acids is 3. The highest BCUT2D eigenvalue weighted by Crippen LogP contribution is 2.18. The topological polar surface area (TPSA) is 109 Å². The fourth-order valence-corrected chi connectivity index (χ4v) is 2.65. The van der Waals surface area contributed by atoms with Crippen molar-refractivity contribution in [2.24, 2.45) is 0 Å². The number of hydrogen-bond donors (Lipinski definition) is 3. The molecule has 0 bridgehead atoms.